The molecule has 1 N–H and O–H groups in total. The summed E-state index contributed by atoms with van der Waals surface area (Å²) in [4.78, 5) is 27.1. The molecule has 0 radical (unpaired) electrons. The van der Waals surface area contributed by atoms with Gasteiger partial charge in [-0.2, -0.15) is 0 Å². The van der Waals surface area contributed by atoms with E-state index in [4.69, 9.17) is 4.74 Å². The van der Waals surface area contributed by atoms with Gasteiger partial charge in [0.25, 0.3) is 5.91 Å². The largest absolute Gasteiger partial charge is 0.444 e. The van der Waals surface area contributed by atoms with Crippen molar-refractivity contribution < 1.29 is 14.3 Å². The molecule has 4 rings (SSSR count). The van der Waals surface area contributed by atoms with Gasteiger partial charge in [0.15, 0.2) is 0 Å². The topological polar surface area (TPSA) is 58.6 Å². The number of hydrogen-bond acceptors (Lipinski definition) is 3. The molecule has 3 atom stereocenters. The Labute approximate surface area is 155 Å². The van der Waals surface area contributed by atoms with Crippen molar-refractivity contribution >= 4 is 12.0 Å². The minimum atomic E-state index is -0.498. The van der Waals surface area contributed by atoms with Gasteiger partial charge in [-0.05, 0) is 82.6 Å². The minimum absolute atomic E-state index is 0.0158. The molecule has 2 heterocycles. The highest BCUT2D eigenvalue weighted by Gasteiger charge is 2.50. The summed E-state index contributed by atoms with van der Waals surface area (Å²) in [5.41, 5.74) is 2.92. The van der Waals surface area contributed by atoms with Crippen LogP contribution in [0.4, 0.5) is 4.79 Å². The Morgan fingerprint density at radius 1 is 1.15 bits per heavy atom. The maximum atomic E-state index is 12.7. The number of ether oxygens (including phenoxy) is 1. The zero-order valence-corrected chi connectivity index (χ0v) is 15.9. The molecule has 0 spiro atoms. The van der Waals surface area contributed by atoms with Crippen LogP contribution in [-0.4, -0.2) is 40.6 Å². The molecule has 5 nitrogen and oxygen atoms in total. The van der Waals surface area contributed by atoms with Crippen LogP contribution in [0.5, 0.6) is 0 Å². The van der Waals surface area contributed by atoms with Crippen molar-refractivity contribution in [2.24, 2.45) is 0 Å². The maximum absolute atomic E-state index is 12.7. The fourth-order valence-electron chi connectivity index (χ4n) is 4.71. The number of fused-ring (bicyclic) bond motifs is 3. The van der Waals surface area contributed by atoms with E-state index >= 15 is 0 Å². The number of hydrogen-bond donors (Lipinski definition) is 1. The number of rotatable bonds is 2. The third-order valence-electron chi connectivity index (χ3n) is 5.82. The van der Waals surface area contributed by atoms with E-state index in [1.54, 1.807) is 0 Å². The number of nitrogens with one attached hydrogen (secondary N) is 1. The van der Waals surface area contributed by atoms with E-state index in [9.17, 15) is 9.59 Å². The summed E-state index contributed by atoms with van der Waals surface area (Å²) in [6.45, 7) is 5.65. The molecule has 2 aliphatic heterocycles. The number of carbonyl (C=O) groups is 2. The Morgan fingerprint density at radius 3 is 2.69 bits per heavy atom. The second-order valence-corrected chi connectivity index (χ2v) is 8.84. The molecule has 2 amide bonds. The zero-order chi connectivity index (χ0) is 18.5. The molecule has 140 valence electrons. The van der Waals surface area contributed by atoms with Crippen molar-refractivity contribution in [3.05, 3.63) is 34.9 Å². The molecule has 0 aromatic heterocycles. The van der Waals surface area contributed by atoms with Gasteiger partial charge in [0, 0.05) is 11.6 Å². The molecule has 1 aromatic carbocycles. The Morgan fingerprint density at radius 2 is 1.92 bits per heavy atom. The summed E-state index contributed by atoms with van der Waals surface area (Å²) >= 11 is 0. The molecular formula is C21H28N2O3. The predicted molar refractivity (Wildman–Crippen MR) is 99.2 cm³/mol. The van der Waals surface area contributed by atoms with E-state index in [1.165, 1.54) is 17.5 Å². The first-order valence-corrected chi connectivity index (χ1v) is 9.76. The smallest absolute Gasteiger partial charge is 0.410 e. The van der Waals surface area contributed by atoms with Crippen LogP contribution in [0.3, 0.4) is 0 Å². The van der Waals surface area contributed by atoms with E-state index in [1.807, 2.05) is 37.8 Å². The van der Waals surface area contributed by atoms with E-state index < -0.39 is 5.60 Å². The highest BCUT2D eigenvalue weighted by Crippen LogP contribution is 2.39. The van der Waals surface area contributed by atoms with Gasteiger partial charge in [-0.25, -0.2) is 4.79 Å². The van der Waals surface area contributed by atoms with Gasteiger partial charge in [0.05, 0.1) is 12.1 Å². The summed E-state index contributed by atoms with van der Waals surface area (Å²) in [5, 5.41) is 3.18. The van der Waals surface area contributed by atoms with Gasteiger partial charge in [0.1, 0.15) is 5.60 Å². The molecule has 26 heavy (non-hydrogen) atoms. The highest BCUT2D eigenvalue weighted by molar-refractivity contribution is 5.94. The summed E-state index contributed by atoms with van der Waals surface area (Å²) in [6.07, 6.45) is 5.86. The van der Waals surface area contributed by atoms with Crippen LogP contribution < -0.4 is 5.32 Å². The van der Waals surface area contributed by atoms with Crippen LogP contribution in [-0.2, 0) is 17.6 Å². The minimum Gasteiger partial charge on any atom is -0.444 e. The second kappa shape index (κ2) is 6.29. The predicted octanol–water partition coefficient (Wildman–Crippen LogP) is 3.45. The van der Waals surface area contributed by atoms with E-state index in [0.29, 0.717) is 0 Å². The Kier molecular flexibility index (Phi) is 4.20. The van der Waals surface area contributed by atoms with Crippen LogP contribution in [0.15, 0.2) is 18.2 Å². The number of amides is 2. The van der Waals surface area contributed by atoms with Gasteiger partial charge in [0.2, 0.25) is 0 Å². The van der Waals surface area contributed by atoms with Gasteiger partial charge >= 0.3 is 6.09 Å². The number of benzene rings is 1. The molecule has 2 bridgehead atoms. The Balaban J connectivity index is 1.43. The van der Waals surface area contributed by atoms with Crippen LogP contribution in [0.1, 0.15) is 67.9 Å². The summed E-state index contributed by atoms with van der Waals surface area (Å²) < 4.78 is 5.57. The SMILES string of the molecule is CC(C)(C)OC(=O)N1[C@H]2CC[C@@H]1[C@@H](NC(=O)c1ccc3c(c1)CCC3)C2. The fourth-order valence-corrected chi connectivity index (χ4v) is 4.71. The molecule has 2 saturated heterocycles. The zero-order valence-electron chi connectivity index (χ0n) is 15.9. The normalized spacial score (nSPS) is 26.7. The summed E-state index contributed by atoms with van der Waals surface area (Å²) in [6, 6.07) is 6.30. The molecule has 0 unspecified atom stereocenters. The third-order valence-corrected chi connectivity index (χ3v) is 5.82. The second-order valence-electron chi connectivity index (χ2n) is 8.84. The number of nitrogens with zero attached hydrogens (tertiary/aromatic N) is 1. The molecule has 1 aliphatic carbocycles. The van der Waals surface area contributed by atoms with Gasteiger partial charge in [-0.3, -0.25) is 4.79 Å². The van der Waals surface area contributed by atoms with Crippen LogP contribution in [0.2, 0.25) is 0 Å². The summed E-state index contributed by atoms with van der Waals surface area (Å²) in [5.74, 6) is -0.0265. The maximum Gasteiger partial charge on any atom is 0.410 e. The van der Waals surface area contributed by atoms with E-state index in [0.717, 1.165) is 37.7 Å². The standard InChI is InChI=1S/C21H28N2O3/c1-21(2,3)26-20(25)23-16-9-10-18(23)17(12-16)22-19(24)15-8-7-13-5-4-6-14(13)11-15/h7-8,11,16-18H,4-6,9-10,12H2,1-3H3,(H,22,24)/t16-,17-,18+/m0/s1. The van der Waals surface area contributed by atoms with E-state index in [2.05, 4.69) is 11.4 Å². The molecule has 5 heteroatoms. The third kappa shape index (κ3) is 3.19. The first-order valence-electron chi connectivity index (χ1n) is 9.76. The van der Waals surface area contributed by atoms with Crippen molar-refractivity contribution in [3.63, 3.8) is 0 Å². The molecular weight excluding hydrogens is 328 g/mol. The first kappa shape index (κ1) is 17.4. The van der Waals surface area contributed by atoms with Crippen LogP contribution >= 0.6 is 0 Å². The quantitative estimate of drug-likeness (QED) is 0.883. The van der Waals surface area contributed by atoms with Crippen molar-refractivity contribution in [1.82, 2.24) is 10.2 Å². The van der Waals surface area contributed by atoms with Crippen molar-refractivity contribution in [2.45, 2.75) is 83.0 Å². The monoisotopic (exact) mass is 356 g/mol. The lowest BCUT2D eigenvalue weighted by atomic mass is 9.95. The molecule has 1 aromatic rings. The van der Waals surface area contributed by atoms with E-state index in [-0.39, 0.29) is 30.1 Å². The lowest BCUT2D eigenvalue weighted by Crippen LogP contribution is -2.46. The lowest BCUT2D eigenvalue weighted by Gasteiger charge is -2.28. The Bertz CT molecular complexity index is 737. The van der Waals surface area contributed by atoms with Gasteiger partial charge in [-0.1, -0.05) is 6.07 Å². The van der Waals surface area contributed by atoms with Crippen molar-refractivity contribution in [3.8, 4) is 0 Å². The number of aryl methyl sites for hydroxylation is 2. The van der Waals surface area contributed by atoms with Crippen molar-refractivity contribution in [1.29, 1.82) is 0 Å². The van der Waals surface area contributed by atoms with Crippen LogP contribution in [0.25, 0.3) is 0 Å². The molecule has 3 aliphatic rings. The van der Waals surface area contributed by atoms with Gasteiger partial charge in [-0.15, -0.1) is 0 Å². The van der Waals surface area contributed by atoms with Crippen LogP contribution in [0, 0.1) is 0 Å². The van der Waals surface area contributed by atoms with Crippen molar-refractivity contribution in [2.75, 3.05) is 0 Å². The average Bonchev–Trinajstić information content (AvgIpc) is 3.26. The lowest BCUT2D eigenvalue weighted by molar-refractivity contribution is 0.0209. The average molecular weight is 356 g/mol. The number of carbonyl (C=O) groups excluding carboxylic acids is 2. The Hall–Kier alpha value is -2.04. The van der Waals surface area contributed by atoms with Gasteiger partial charge < -0.3 is 15.0 Å². The summed E-state index contributed by atoms with van der Waals surface area (Å²) in [7, 11) is 0. The molecule has 0 saturated carbocycles. The highest BCUT2D eigenvalue weighted by atomic mass is 16.6. The molecule has 2 fully saturated rings. The fraction of sp³-hybridized carbons (Fsp3) is 0.619. The first-order chi connectivity index (χ1) is 12.3.